The number of allylic oxidation sites excluding steroid dienone is 1. The minimum absolute atomic E-state index is 0.168. The smallest absolute Gasteiger partial charge is 0.345 e. The second-order valence-electron chi connectivity index (χ2n) is 4.43. The van der Waals surface area contributed by atoms with Gasteiger partial charge in [0.05, 0.1) is 14.2 Å². The zero-order valence-corrected chi connectivity index (χ0v) is 11.9. The first-order valence-corrected chi connectivity index (χ1v) is 6.09. The molecule has 0 aliphatic heterocycles. The molecule has 0 saturated heterocycles. The summed E-state index contributed by atoms with van der Waals surface area (Å²) in [5, 5.41) is 0. The van der Waals surface area contributed by atoms with Gasteiger partial charge in [0.2, 0.25) is 5.78 Å². The number of hydrogen-bond donors (Lipinski definition) is 0. The van der Waals surface area contributed by atoms with Crippen molar-refractivity contribution in [1.29, 1.82) is 0 Å². The van der Waals surface area contributed by atoms with Crippen LogP contribution < -0.4 is 0 Å². The molecule has 4 nitrogen and oxygen atoms in total. The Bertz CT molecular complexity index is 529. The third-order valence-corrected chi connectivity index (χ3v) is 2.71. The van der Waals surface area contributed by atoms with E-state index in [1.54, 1.807) is 13.8 Å². The maximum atomic E-state index is 12.9. The van der Waals surface area contributed by atoms with Crippen LogP contribution in [0, 0.1) is 11.7 Å². The molecule has 1 rings (SSSR count). The Morgan fingerprint density at radius 2 is 1.60 bits per heavy atom. The number of esters is 1. The van der Waals surface area contributed by atoms with Crippen LogP contribution in [0.4, 0.5) is 4.39 Å². The van der Waals surface area contributed by atoms with Gasteiger partial charge in [-0.3, -0.25) is 4.79 Å². The van der Waals surface area contributed by atoms with Crippen molar-refractivity contribution < 1.29 is 23.5 Å². The minimum Gasteiger partial charge on any atom is -0.500 e. The van der Waals surface area contributed by atoms with Gasteiger partial charge in [-0.25, -0.2) is 9.18 Å². The number of carbonyl (C=O) groups excluding carboxylic acids is 2. The van der Waals surface area contributed by atoms with Gasteiger partial charge in [0.1, 0.15) is 17.1 Å². The monoisotopic (exact) mass is 280 g/mol. The molecule has 0 saturated carbocycles. The Morgan fingerprint density at radius 3 is 2.00 bits per heavy atom. The third-order valence-electron chi connectivity index (χ3n) is 2.71. The maximum Gasteiger partial charge on any atom is 0.345 e. The average molecular weight is 280 g/mol. The van der Waals surface area contributed by atoms with Crippen LogP contribution in [-0.2, 0) is 14.3 Å². The van der Waals surface area contributed by atoms with Crippen molar-refractivity contribution in [3.8, 4) is 0 Å². The van der Waals surface area contributed by atoms with Gasteiger partial charge in [-0.15, -0.1) is 0 Å². The lowest BCUT2D eigenvalue weighted by Crippen LogP contribution is -2.20. The van der Waals surface area contributed by atoms with Crippen LogP contribution in [0.1, 0.15) is 24.2 Å². The topological polar surface area (TPSA) is 52.6 Å². The van der Waals surface area contributed by atoms with E-state index in [9.17, 15) is 14.0 Å². The van der Waals surface area contributed by atoms with Crippen molar-refractivity contribution in [3.63, 3.8) is 0 Å². The predicted molar refractivity (Wildman–Crippen MR) is 71.6 cm³/mol. The van der Waals surface area contributed by atoms with Gasteiger partial charge in [0.15, 0.2) is 0 Å². The van der Waals surface area contributed by atoms with Crippen LogP contribution in [0.2, 0.25) is 0 Å². The molecule has 0 fully saturated rings. The highest BCUT2D eigenvalue weighted by Crippen LogP contribution is 2.21. The molecule has 0 radical (unpaired) electrons. The molecule has 0 aromatic heterocycles. The molecule has 1 aromatic rings. The molecule has 0 bridgehead atoms. The molecular weight excluding hydrogens is 263 g/mol. The lowest BCUT2D eigenvalue weighted by atomic mass is 9.98. The minimum atomic E-state index is -0.773. The summed E-state index contributed by atoms with van der Waals surface area (Å²) >= 11 is 0. The standard InChI is InChI=1S/C15H17FO4/c1-9(2)14(19-3)12(15(18)20-4)13(17)10-5-7-11(16)8-6-10/h5-9H,1-4H3/b14-12-. The third kappa shape index (κ3) is 3.44. The highest BCUT2D eigenvalue weighted by atomic mass is 19.1. The summed E-state index contributed by atoms with van der Waals surface area (Å²) in [6.45, 7) is 3.58. The number of halogens is 1. The van der Waals surface area contributed by atoms with Gasteiger partial charge < -0.3 is 9.47 Å². The van der Waals surface area contributed by atoms with Crippen LogP contribution in [0.15, 0.2) is 35.6 Å². The maximum absolute atomic E-state index is 12.9. The van der Waals surface area contributed by atoms with E-state index < -0.39 is 17.6 Å². The number of ketones is 1. The van der Waals surface area contributed by atoms with E-state index in [1.807, 2.05) is 0 Å². The molecule has 0 aliphatic rings. The molecule has 0 atom stereocenters. The summed E-state index contributed by atoms with van der Waals surface area (Å²) in [6, 6.07) is 4.94. The molecule has 0 aliphatic carbocycles. The molecule has 0 amide bonds. The van der Waals surface area contributed by atoms with E-state index in [1.165, 1.54) is 26.4 Å². The molecule has 0 heterocycles. The van der Waals surface area contributed by atoms with Crippen molar-refractivity contribution in [1.82, 2.24) is 0 Å². The number of ether oxygens (including phenoxy) is 2. The van der Waals surface area contributed by atoms with Gasteiger partial charge >= 0.3 is 5.97 Å². The van der Waals surface area contributed by atoms with Crippen LogP contribution in [0.3, 0.4) is 0 Å². The number of carbonyl (C=O) groups is 2. The van der Waals surface area contributed by atoms with E-state index in [0.29, 0.717) is 0 Å². The van der Waals surface area contributed by atoms with Crippen LogP contribution in [0.25, 0.3) is 0 Å². The fourth-order valence-electron chi connectivity index (χ4n) is 1.78. The predicted octanol–water partition coefficient (Wildman–Crippen LogP) is 2.74. The van der Waals surface area contributed by atoms with Gasteiger partial charge in [0, 0.05) is 11.5 Å². The molecule has 20 heavy (non-hydrogen) atoms. The summed E-state index contributed by atoms with van der Waals surface area (Å²) in [4.78, 5) is 24.2. The van der Waals surface area contributed by atoms with Gasteiger partial charge in [0.25, 0.3) is 0 Å². The Morgan fingerprint density at radius 1 is 1.05 bits per heavy atom. The average Bonchev–Trinajstić information content (AvgIpc) is 2.43. The number of Topliss-reactive ketones (excluding diaryl/α,β-unsaturated/α-hetero) is 1. The van der Waals surface area contributed by atoms with E-state index in [4.69, 9.17) is 4.74 Å². The van der Waals surface area contributed by atoms with Crippen molar-refractivity contribution >= 4 is 11.8 Å². The fourth-order valence-corrected chi connectivity index (χ4v) is 1.78. The molecular formula is C15H17FO4. The van der Waals surface area contributed by atoms with Crippen molar-refractivity contribution in [3.05, 3.63) is 47.0 Å². The largest absolute Gasteiger partial charge is 0.500 e. The SMILES string of the molecule is COC(=O)/C(C(=O)c1ccc(F)cc1)=C(\OC)C(C)C. The zero-order chi connectivity index (χ0) is 15.3. The number of methoxy groups -OCH3 is 2. The molecule has 0 spiro atoms. The van der Waals surface area contributed by atoms with Crippen molar-refractivity contribution in [2.45, 2.75) is 13.8 Å². The highest BCUT2D eigenvalue weighted by molar-refractivity contribution is 6.24. The summed E-state index contributed by atoms with van der Waals surface area (Å²) in [5.74, 6) is -1.71. The Kier molecular flexibility index (Phi) is 5.43. The highest BCUT2D eigenvalue weighted by Gasteiger charge is 2.27. The van der Waals surface area contributed by atoms with E-state index >= 15 is 0 Å². The van der Waals surface area contributed by atoms with Crippen LogP contribution in [0.5, 0.6) is 0 Å². The van der Waals surface area contributed by atoms with Gasteiger partial charge in [-0.05, 0) is 24.3 Å². The van der Waals surface area contributed by atoms with Gasteiger partial charge in [-0.1, -0.05) is 13.8 Å². The number of hydrogen-bond acceptors (Lipinski definition) is 4. The Balaban J connectivity index is 3.35. The first-order valence-electron chi connectivity index (χ1n) is 6.09. The molecule has 1 aromatic carbocycles. The second-order valence-corrected chi connectivity index (χ2v) is 4.43. The van der Waals surface area contributed by atoms with E-state index in [0.717, 1.165) is 12.1 Å². The Labute approximate surface area is 117 Å². The molecule has 0 unspecified atom stereocenters. The lowest BCUT2D eigenvalue weighted by molar-refractivity contribution is -0.136. The van der Waals surface area contributed by atoms with Crippen molar-refractivity contribution in [2.24, 2.45) is 5.92 Å². The molecule has 5 heteroatoms. The van der Waals surface area contributed by atoms with Crippen LogP contribution >= 0.6 is 0 Å². The summed E-state index contributed by atoms with van der Waals surface area (Å²) in [7, 11) is 2.57. The lowest BCUT2D eigenvalue weighted by Gasteiger charge is -2.15. The second kappa shape index (κ2) is 6.84. The zero-order valence-electron chi connectivity index (χ0n) is 11.9. The quantitative estimate of drug-likeness (QED) is 0.208. The van der Waals surface area contributed by atoms with E-state index in [2.05, 4.69) is 4.74 Å². The first kappa shape index (κ1) is 15.9. The number of rotatable bonds is 5. The van der Waals surface area contributed by atoms with Gasteiger partial charge in [-0.2, -0.15) is 0 Å². The fraction of sp³-hybridized carbons (Fsp3) is 0.333. The summed E-state index contributed by atoms with van der Waals surface area (Å²) in [6.07, 6.45) is 0. The normalized spacial score (nSPS) is 11.9. The molecule has 108 valence electrons. The van der Waals surface area contributed by atoms with E-state index in [-0.39, 0.29) is 22.8 Å². The molecule has 0 N–H and O–H groups in total. The number of benzene rings is 1. The first-order chi connectivity index (χ1) is 9.42. The summed E-state index contributed by atoms with van der Waals surface area (Å²) < 4.78 is 22.7. The van der Waals surface area contributed by atoms with Crippen LogP contribution in [-0.4, -0.2) is 26.0 Å². The summed E-state index contributed by atoms with van der Waals surface area (Å²) in [5.41, 5.74) is 0.0265. The Hall–Kier alpha value is -2.17. The van der Waals surface area contributed by atoms with Crippen molar-refractivity contribution in [2.75, 3.05) is 14.2 Å².